The standard InChI is InChI=1S/C22H30N4O/c1-3-25(17-19-7-5-4-6-8-19)18-22(27)23-20-9-11-21(12-10-20)26-15-13-24(2)14-16-26/h4-12H,3,13-18H2,1-2H3,(H,23,27). The first-order valence-corrected chi connectivity index (χ1v) is 9.73. The van der Waals surface area contributed by atoms with Gasteiger partial charge in [0, 0.05) is 44.1 Å². The second-order valence-electron chi connectivity index (χ2n) is 7.17. The Balaban J connectivity index is 1.51. The summed E-state index contributed by atoms with van der Waals surface area (Å²) < 4.78 is 0. The number of hydrogen-bond donors (Lipinski definition) is 1. The van der Waals surface area contributed by atoms with Crippen LogP contribution in [0.3, 0.4) is 0 Å². The summed E-state index contributed by atoms with van der Waals surface area (Å²) in [5, 5.41) is 3.02. The Hall–Kier alpha value is -2.37. The quantitative estimate of drug-likeness (QED) is 0.818. The molecule has 0 bridgehead atoms. The predicted molar refractivity (Wildman–Crippen MR) is 112 cm³/mol. The third-order valence-electron chi connectivity index (χ3n) is 5.08. The molecule has 1 aliphatic rings. The lowest BCUT2D eigenvalue weighted by Crippen LogP contribution is -2.44. The normalized spacial score (nSPS) is 15.1. The second-order valence-corrected chi connectivity index (χ2v) is 7.17. The van der Waals surface area contributed by atoms with Gasteiger partial charge in [-0.25, -0.2) is 0 Å². The van der Waals surface area contributed by atoms with Gasteiger partial charge in [-0.05, 0) is 43.4 Å². The number of benzene rings is 2. The maximum Gasteiger partial charge on any atom is 0.238 e. The van der Waals surface area contributed by atoms with Crippen LogP contribution in [0.15, 0.2) is 54.6 Å². The van der Waals surface area contributed by atoms with Crippen LogP contribution in [0.5, 0.6) is 0 Å². The number of carbonyl (C=O) groups is 1. The van der Waals surface area contributed by atoms with Crippen LogP contribution in [0.2, 0.25) is 0 Å². The smallest absolute Gasteiger partial charge is 0.238 e. The fraction of sp³-hybridized carbons (Fsp3) is 0.409. The number of hydrogen-bond acceptors (Lipinski definition) is 4. The van der Waals surface area contributed by atoms with E-state index in [1.54, 1.807) is 0 Å². The summed E-state index contributed by atoms with van der Waals surface area (Å²) >= 11 is 0. The molecule has 0 aromatic heterocycles. The van der Waals surface area contributed by atoms with E-state index in [2.05, 4.69) is 58.3 Å². The Morgan fingerprint density at radius 1 is 1.00 bits per heavy atom. The number of carbonyl (C=O) groups excluding carboxylic acids is 1. The number of nitrogens with one attached hydrogen (secondary N) is 1. The number of anilines is 2. The molecule has 5 nitrogen and oxygen atoms in total. The van der Waals surface area contributed by atoms with E-state index in [-0.39, 0.29) is 5.91 Å². The minimum absolute atomic E-state index is 0.0279. The maximum atomic E-state index is 12.4. The molecule has 1 N–H and O–H groups in total. The summed E-state index contributed by atoms with van der Waals surface area (Å²) in [4.78, 5) is 19.3. The molecule has 0 unspecified atom stereocenters. The monoisotopic (exact) mass is 366 g/mol. The average molecular weight is 367 g/mol. The lowest BCUT2D eigenvalue weighted by atomic mass is 10.2. The average Bonchev–Trinajstić information content (AvgIpc) is 2.69. The molecular weight excluding hydrogens is 336 g/mol. The molecule has 0 atom stereocenters. The Bertz CT molecular complexity index is 709. The Labute approximate surface area is 162 Å². The van der Waals surface area contributed by atoms with Crippen LogP contribution in [-0.4, -0.2) is 62.0 Å². The van der Waals surface area contributed by atoms with Crippen molar-refractivity contribution in [2.24, 2.45) is 0 Å². The topological polar surface area (TPSA) is 38.8 Å². The number of rotatable bonds is 7. The zero-order chi connectivity index (χ0) is 19.1. The molecule has 5 heteroatoms. The summed E-state index contributed by atoms with van der Waals surface area (Å²) in [6.45, 7) is 8.38. The number of nitrogens with zero attached hydrogens (tertiary/aromatic N) is 3. The zero-order valence-corrected chi connectivity index (χ0v) is 16.4. The zero-order valence-electron chi connectivity index (χ0n) is 16.4. The molecule has 1 aliphatic heterocycles. The van der Waals surface area contributed by atoms with Crippen molar-refractivity contribution < 1.29 is 4.79 Å². The summed E-state index contributed by atoms with van der Waals surface area (Å²) in [5.41, 5.74) is 3.30. The van der Waals surface area contributed by atoms with Crippen LogP contribution >= 0.6 is 0 Å². The lowest BCUT2D eigenvalue weighted by molar-refractivity contribution is -0.117. The number of likely N-dealkylation sites (N-methyl/N-ethyl adjacent to an activating group) is 2. The Kier molecular flexibility index (Phi) is 6.85. The van der Waals surface area contributed by atoms with Crippen molar-refractivity contribution >= 4 is 17.3 Å². The van der Waals surface area contributed by atoms with E-state index >= 15 is 0 Å². The molecule has 0 radical (unpaired) electrons. The van der Waals surface area contributed by atoms with Gasteiger partial charge < -0.3 is 15.1 Å². The van der Waals surface area contributed by atoms with Gasteiger partial charge in [0.2, 0.25) is 5.91 Å². The van der Waals surface area contributed by atoms with Gasteiger partial charge in [-0.2, -0.15) is 0 Å². The van der Waals surface area contributed by atoms with E-state index < -0.39 is 0 Å². The van der Waals surface area contributed by atoms with Crippen LogP contribution in [0, 0.1) is 0 Å². The molecule has 2 aromatic carbocycles. The molecule has 0 aliphatic carbocycles. The van der Waals surface area contributed by atoms with Crippen molar-refractivity contribution in [1.29, 1.82) is 0 Å². The fourth-order valence-corrected chi connectivity index (χ4v) is 3.34. The van der Waals surface area contributed by atoms with Gasteiger partial charge in [-0.1, -0.05) is 37.3 Å². The molecule has 0 saturated carbocycles. The Morgan fingerprint density at radius 3 is 2.30 bits per heavy atom. The molecule has 144 valence electrons. The first-order chi connectivity index (χ1) is 13.1. The van der Waals surface area contributed by atoms with Gasteiger partial charge in [0.25, 0.3) is 0 Å². The van der Waals surface area contributed by atoms with Gasteiger partial charge in [0.1, 0.15) is 0 Å². The summed E-state index contributed by atoms with van der Waals surface area (Å²) in [7, 11) is 2.16. The number of amides is 1. The molecule has 27 heavy (non-hydrogen) atoms. The van der Waals surface area contributed by atoms with Gasteiger partial charge in [-0.15, -0.1) is 0 Å². The van der Waals surface area contributed by atoms with Gasteiger partial charge >= 0.3 is 0 Å². The SMILES string of the molecule is CCN(CC(=O)Nc1ccc(N2CCN(C)CC2)cc1)Cc1ccccc1. The van der Waals surface area contributed by atoms with Gasteiger partial charge in [-0.3, -0.25) is 9.69 Å². The van der Waals surface area contributed by atoms with Gasteiger partial charge in [0.15, 0.2) is 0 Å². The van der Waals surface area contributed by atoms with E-state index in [4.69, 9.17) is 0 Å². The molecule has 1 amide bonds. The van der Waals surface area contributed by atoms with Crippen molar-refractivity contribution in [1.82, 2.24) is 9.80 Å². The van der Waals surface area contributed by atoms with Gasteiger partial charge in [0.05, 0.1) is 6.54 Å². The summed E-state index contributed by atoms with van der Waals surface area (Å²) in [6, 6.07) is 18.5. The minimum atomic E-state index is 0.0279. The lowest BCUT2D eigenvalue weighted by Gasteiger charge is -2.34. The molecule has 0 spiro atoms. The van der Waals surface area contributed by atoms with Crippen molar-refractivity contribution in [3.05, 3.63) is 60.2 Å². The summed E-state index contributed by atoms with van der Waals surface area (Å²) in [5.74, 6) is 0.0279. The fourth-order valence-electron chi connectivity index (χ4n) is 3.34. The van der Waals surface area contributed by atoms with Crippen molar-refractivity contribution in [3.8, 4) is 0 Å². The molecule has 1 heterocycles. The second kappa shape index (κ2) is 9.53. The van der Waals surface area contributed by atoms with Crippen LogP contribution in [0.4, 0.5) is 11.4 Å². The highest BCUT2D eigenvalue weighted by Crippen LogP contribution is 2.19. The van der Waals surface area contributed by atoms with E-state index in [0.717, 1.165) is 45.0 Å². The predicted octanol–water partition coefficient (Wildman–Crippen LogP) is 2.90. The van der Waals surface area contributed by atoms with E-state index in [9.17, 15) is 4.79 Å². The first kappa shape index (κ1) is 19.4. The molecule has 1 saturated heterocycles. The van der Waals surface area contributed by atoms with Crippen LogP contribution in [0.1, 0.15) is 12.5 Å². The largest absolute Gasteiger partial charge is 0.369 e. The van der Waals surface area contributed by atoms with Crippen molar-refractivity contribution in [3.63, 3.8) is 0 Å². The molecule has 2 aromatic rings. The Morgan fingerprint density at radius 2 is 1.67 bits per heavy atom. The van der Waals surface area contributed by atoms with E-state index in [1.807, 2.05) is 30.3 Å². The van der Waals surface area contributed by atoms with Crippen LogP contribution in [-0.2, 0) is 11.3 Å². The van der Waals surface area contributed by atoms with Crippen LogP contribution < -0.4 is 10.2 Å². The molecular formula is C22H30N4O. The van der Waals surface area contributed by atoms with E-state index in [1.165, 1.54) is 11.3 Å². The molecule has 3 rings (SSSR count). The first-order valence-electron chi connectivity index (χ1n) is 9.73. The van der Waals surface area contributed by atoms with Crippen molar-refractivity contribution in [2.75, 3.05) is 56.5 Å². The third-order valence-corrected chi connectivity index (χ3v) is 5.08. The maximum absolute atomic E-state index is 12.4. The van der Waals surface area contributed by atoms with E-state index in [0.29, 0.717) is 6.54 Å². The highest BCUT2D eigenvalue weighted by atomic mass is 16.2. The minimum Gasteiger partial charge on any atom is -0.369 e. The highest BCUT2D eigenvalue weighted by molar-refractivity contribution is 5.92. The third kappa shape index (κ3) is 5.81. The van der Waals surface area contributed by atoms with Crippen LogP contribution in [0.25, 0.3) is 0 Å². The van der Waals surface area contributed by atoms with Crippen molar-refractivity contribution in [2.45, 2.75) is 13.5 Å². The summed E-state index contributed by atoms with van der Waals surface area (Å²) in [6.07, 6.45) is 0. The number of piperazine rings is 1. The molecule has 1 fully saturated rings. The highest BCUT2D eigenvalue weighted by Gasteiger charge is 2.14.